The summed E-state index contributed by atoms with van der Waals surface area (Å²) in [7, 11) is 0. The Labute approximate surface area is 43.4 Å². The lowest BCUT2D eigenvalue weighted by atomic mass is 9.94. The summed E-state index contributed by atoms with van der Waals surface area (Å²) in [4.78, 5) is 0. The number of hydrogen-bond acceptors (Lipinski definition) is 0. The standard InChI is InChI=1S/C6H14/c1-5-6(2,3)4/h5H2,1-4H3/i1D,5D/t5-/m1/s1. The molecule has 0 rings (SSSR count). The third-order valence-corrected chi connectivity index (χ3v) is 0.612. The normalized spacial score (nSPS) is 21.8. The molecule has 0 aliphatic heterocycles. The molecule has 0 amide bonds. The van der Waals surface area contributed by atoms with Gasteiger partial charge in [0.2, 0.25) is 0 Å². The van der Waals surface area contributed by atoms with Crippen molar-refractivity contribution in [3.05, 3.63) is 0 Å². The zero-order valence-corrected chi connectivity index (χ0v) is 4.78. The lowest BCUT2D eigenvalue weighted by molar-refractivity contribution is 0.398. The highest BCUT2D eigenvalue weighted by Gasteiger charge is 2.03. The van der Waals surface area contributed by atoms with E-state index >= 15 is 0 Å². The summed E-state index contributed by atoms with van der Waals surface area (Å²) in [5, 5.41) is 0. The Hall–Kier alpha value is 0. The van der Waals surface area contributed by atoms with Crippen LogP contribution in [0, 0.1) is 5.41 Å². The molecule has 0 saturated heterocycles. The van der Waals surface area contributed by atoms with Gasteiger partial charge in [0.1, 0.15) is 0 Å². The molecule has 0 heterocycles. The maximum absolute atomic E-state index is 7.28. The number of hydrogen-bond donors (Lipinski definition) is 0. The van der Waals surface area contributed by atoms with Gasteiger partial charge in [-0.1, -0.05) is 34.1 Å². The topological polar surface area (TPSA) is 0 Å². The van der Waals surface area contributed by atoms with Gasteiger partial charge in [-0.25, -0.2) is 0 Å². The van der Waals surface area contributed by atoms with Crippen LogP contribution in [0.5, 0.6) is 0 Å². The van der Waals surface area contributed by atoms with Crippen molar-refractivity contribution in [2.75, 3.05) is 0 Å². The molecule has 0 bridgehead atoms. The Morgan fingerprint density at radius 1 is 1.67 bits per heavy atom. The smallest absolute Gasteiger partial charge is 0.0269 e. The molecule has 1 atom stereocenters. The first-order valence-electron chi connectivity index (χ1n) is 3.48. The van der Waals surface area contributed by atoms with Crippen molar-refractivity contribution in [3.8, 4) is 0 Å². The van der Waals surface area contributed by atoms with E-state index in [2.05, 4.69) is 0 Å². The van der Waals surface area contributed by atoms with Crippen molar-refractivity contribution in [1.29, 1.82) is 0 Å². The van der Waals surface area contributed by atoms with E-state index < -0.39 is 0 Å². The van der Waals surface area contributed by atoms with Crippen molar-refractivity contribution in [3.63, 3.8) is 0 Å². The molecule has 0 fully saturated rings. The summed E-state index contributed by atoms with van der Waals surface area (Å²) in [6.45, 7) is 6.17. The van der Waals surface area contributed by atoms with Gasteiger partial charge >= 0.3 is 0 Å². The molecule has 38 valence electrons. The minimum absolute atomic E-state index is 0.0122. The molecular weight excluding hydrogens is 72.1 g/mol. The average Bonchev–Trinajstić information content (AvgIpc) is 1.62. The summed E-state index contributed by atoms with van der Waals surface area (Å²) in [5.41, 5.74) is -0.0122. The lowest BCUT2D eigenvalue weighted by Gasteiger charge is -2.12. The second kappa shape index (κ2) is 1.63. The zero-order valence-electron chi connectivity index (χ0n) is 6.78. The summed E-state index contributed by atoms with van der Waals surface area (Å²) in [6.07, 6.45) is -0.234. The molecule has 0 radical (unpaired) electrons. The van der Waals surface area contributed by atoms with Gasteiger partial charge < -0.3 is 0 Å². The van der Waals surface area contributed by atoms with Gasteiger partial charge in [-0.05, 0) is 5.41 Å². The Morgan fingerprint density at radius 2 is 2.17 bits per heavy atom. The molecule has 0 unspecified atom stereocenters. The molecule has 0 heteroatoms. The first-order chi connectivity index (χ1) is 3.48. The fraction of sp³-hybridized carbons (Fsp3) is 1.00. The van der Waals surface area contributed by atoms with E-state index in [-0.39, 0.29) is 18.7 Å². The van der Waals surface area contributed by atoms with E-state index in [0.717, 1.165) is 0 Å². The van der Waals surface area contributed by atoms with Gasteiger partial charge in [-0.3, -0.25) is 0 Å². The second-order valence-corrected chi connectivity index (χ2v) is 2.57. The highest BCUT2D eigenvalue weighted by Crippen LogP contribution is 2.16. The molecule has 0 aromatic rings. The first kappa shape index (κ1) is 3.06. The molecule has 0 spiro atoms. The molecule has 0 aliphatic carbocycles. The average molecular weight is 88.2 g/mol. The van der Waals surface area contributed by atoms with Crippen LogP contribution in [-0.2, 0) is 0 Å². The largest absolute Gasteiger partial charge is 0.0649 e. The minimum atomic E-state index is -0.234. The van der Waals surface area contributed by atoms with Crippen molar-refractivity contribution in [2.45, 2.75) is 34.1 Å². The van der Waals surface area contributed by atoms with Crippen LogP contribution in [-0.4, -0.2) is 0 Å². The van der Waals surface area contributed by atoms with Crippen LogP contribution in [0.2, 0.25) is 0 Å². The van der Waals surface area contributed by atoms with E-state index in [1.807, 2.05) is 20.8 Å². The summed E-state index contributed by atoms with van der Waals surface area (Å²) in [6, 6.07) is 0. The van der Waals surface area contributed by atoms with E-state index in [4.69, 9.17) is 2.74 Å². The highest BCUT2D eigenvalue weighted by molar-refractivity contribution is 4.55. The van der Waals surface area contributed by atoms with Crippen molar-refractivity contribution < 1.29 is 2.74 Å². The van der Waals surface area contributed by atoms with Gasteiger partial charge in [0, 0.05) is 2.74 Å². The fourth-order valence-corrected chi connectivity index (χ4v) is 0. The maximum atomic E-state index is 7.28. The highest BCUT2D eigenvalue weighted by atomic mass is 14.1. The predicted octanol–water partition coefficient (Wildman–Crippen LogP) is 2.44. The van der Waals surface area contributed by atoms with Crippen molar-refractivity contribution in [1.82, 2.24) is 0 Å². The van der Waals surface area contributed by atoms with Crippen molar-refractivity contribution in [2.24, 2.45) is 5.41 Å². The lowest BCUT2D eigenvalue weighted by Crippen LogP contribution is -2.00. The van der Waals surface area contributed by atoms with E-state index in [9.17, 15) is 0 Å². The summed E-state index contributed by atoms with van der Waals surface area (Å²) < 4.78 is 14.2. The van der Waals surface area contributed by atoms with Gasteiger partial charge in [-0.2, -0.15) is 0 Å². The van der Waals surface area contributed by atoms with Crippen LogP contribution in [0.3, 0.4) is 0 Å². The molecule has 0 aromatic carbocycles. The fourth-order valence-electron chi connectivity index (χ4n) is 0. The molecule has 0 aliphatic rings. The molecule has 0 nitrogen and oxygen atoms in total. The number of rotatable bonds is 0. The zero-order chi connectivity index (χ0) is 6.78. The Morgan fingerprint density at radius 3 is 2.17 bits per heavy atom. The van der Waals surface area contributed by atoms with E-state index in [1.54, 1.807) is 0 Å². The monoisotopic (exact) mass is 88.1 g/mol. The minimum Gasteiger partial charge on any atom is -0.0649 e. The van der Waals surface area contributed by atoms with Crippen LogP contribution in [0.25, 0.3) is 0 Å². The third kappa shape index (κ3) is 4.00. The third-order valence-electron chi connectivity index (χ3n) is 0.612. The van der Waals surface area contributed by atoms with Crippen LogP contribution in [0.15, 0.2) is 0 Å². The van der Waals surface area contributed by atoms with Gasteiger partial charge in [-0.15, -0.1) is 0 Å². The van der Waals surface area contributed by atoms with Crippen LogP contribution in [0.4, 0.5) is 0 Å². The van der Waals surface area contributed by atoms with Crippen LogP contribution < -0.4 is 0 Å². The maximum Gasteiger partial charge on any atom is 0.0269 e. The summed E-state index contributed by atoms with van der Waals surface area (Å²) >= 11 is 0. The SMILES string of the molecule is [2H]C[C@@H]([2H])C(C)(C)C. The second-order valence-electron chi connectivity index (χ2n) is 2.57. The summed E-state index contributed by atoms with van der Waals surface area (Å²) in [5.74, 6) is 0. The molecular formula is C6H14. The molecule has 0 N–H and O–H groups in total. The van der Waals surface area contributed by atoms with Gasteiger partial charge in [0.05, 0.1) is 0 Å². The van der Waals surface area contributed by atoms with E-state index in [0.29, 0.717) is 0 Å². The molecule has 0 saturated carbocycles. The molecule has 6 heavy (non-hydrogen) atoms. The Bertz CT molecular complexity index is 63.4. The van der Waals surface area contributed by atoms with Gasteiger partial charge in [0.25, 0.3) is 0 Å². The van der Waals surface area contributed by atoms with E-state index in [1.165, 1.54) is 0 Å². The van der Waals surface area contributed by atoms with Crippen molar-refractivity contribution >= 4 is 0 Å². The van der Waals surface area contributed by atoms with Crippen LogP contribution >= 0.6 is 0 Å². The molecule has 0 aromatic heterocycles. The first-order valence-corrected chi connectivity index (χ1v) is 2.20. The van der Waals surface area contributed by atoms with Gasteiger partial charge in [0.15, 0.2) is 0 Å². The predicted molar refractivity (Wildman–Crippen MR) is 29.7 cm³/mol. The Balaban J connectivity index is 3.62. The Kier molecular flexibility index (Phi) is 0.833. The quantitative estimate of drug-likeness (QED) is 0.426. The van der Waals surface area contributed by atoms with Crippen LogP contribution in [0.1, 0.15) is 36.8 Å².